The minimum Gasteiger partial charge on any atom is -0.392 e. The minimum atomic E-state index is -0.239. The van der Waals surface area contributed by atoms with Gasteiger partial charge >= 0.3 is 0 Å². The van der Waals surface area contributed by atoms with Crippen molar-refractivity contribution in [2.45, 2.75) is 64.0 Å². The van der Waals surface area contributed by atoms with Gasteiger partial charge in [0.15, 0.2) is 0 Å². The number of nitrogens with one attached hydrogen (secondary N) is 1. The first-order chi connectivity index (χ1) is 12.0. The molecule has 25 heavy (non-hydrogen) atoms. The molecule has 2 aromatic rings. The van der Waals surface area contributed by atoms with Crippen molar-refractivity contribution in [2.75, 3.05) is 6.54 Å². The average molecular weight is 338 g/mol. The first-order valence-electron chi connectivity index (χ1n) is 9.57. The van der Waals surface area contributed by atoms with Crippen LogP contribution in [0.5, 0.6) is 0 Å². The van der Waals surface area contributed by atoms with Gasteiger partial charge in [-0.05, 0) is 40.5 Å². The summed E-state index contributed by atoms with van der Waals surface area (Å²) in [6, 6.07) is 18.4. The highest BCUT2D eigenvalue weighted by Gasteiger charge is 2.31. The molecule has 2 atom stereocenters. The average Bonchev–Trinajstić information content (AvgIpc) is 3.02. The molecule has 134 valence electrons. The van der Waals surface area contributed by atoms with Crippen LogP contribution < -0.4 is 5.32 Å². The Kier molecular flexibility index (Phi) is 5.61. The van der Waals surface area contributed by atoms with E-state index in [9.17, 15) is 5.11 Å². The highest BCUT2D eigenvalue weighted by atomic mass is 16.3. The van der Waals surface area contributed by atoms with Crippen LogP contribution in [-0.4, -0.2) is 23.8 Å². The monoisotopic (exact) mass is 337 g/mol. The Morgan fingerprint density at radius 3 is 1.48 bits per heavy atom. The molecule has 0 spiro atoms. The molecule has 1 fully saturated rings. The molecular formula is C23H31NO. The Hall–Kier alpha value is -1.64. The van der Waals surface area contributed by atoms with E-state index in [1.807, 2.05) is 0 Å². The van der Waals surface area contributed by atoms with Gasteiger partial charge in [0.2, 0.25) is 0 Å². The molecule has 0 aromatic heterocycles. The molecule has 0 saturated carbocycles. The number of rotatable bonds is 5. The maximum atomic E-state index is 10.0. The summed E-state index contributed by atoms with van der Waals surface area (Å²) < 4.78 is 0. The zero-order chi connectivity index (χ0) is 18.0. The SMILES string of the molecule is CC(C)c1ccc(C(c2ccc(C(C)C)cc2)C2C[C@H](O)CN2)cc1. The van der Waals surface area contributed by atoms with Crippen LogP contribution >= 0.6 is 0 Å². The molecule has 1 aliphatic heterocycles. The Bertz CT molecular complexity index is 621. The fraction of sp³-hybridized carbons (Fsp3) is 0.478. The largest absolute Gasteiger partial charge is 0.392 e. The van der Waals surface area contributed by atoms with Crippen molar-refractivity contribution < 1.29 is 5.11 Å². The van der Waals surface area contributed by atoms with Crippen LogP contribution in [0.3, 0.4) is 0 Å². The van der Waals surface area contributed by atoms with E-state index in [2.05, 4.69) is 81.5 Å². The molecule has 1 unspecified atom stereocenters. The van der Waals surface area contributed by atoms with E-state index in [4.69, 9.17) is 0 Å². The zero-order valence-corrected chi connectivity index (χ0v) is 15.9. The summed E-state index contributed by atoms with van der Waals surface area (Å²) in [4.78, 5) is 0. The van der Waals surface area contributed by atoms with Gasteiger partial charge in [-0.15, -0.1) is 0 Å². The molecule has 0 aliphatic carbocycles. The summed E-state index contributed by atoms with van der Waals surface area (Å²) in [5.74, 6) is 1.37. The molecular weight excluding hydrogens is 306 g/mol. The van der Waals surface area contributed by atoms with Gasteiger partial charge < -0.3 is 10.4 Å². The van der Waals surface area contributed by atoms with Crippen LogP contribution in [0.25, 0.3) is 0 Å². The summed E-state index contributed by atoms with van der Waals surface area (Å²) >= 11 is 0. The molecule has 1 aliphatic rings. The molecule has 2 nitrogen and oxygen atoms in total. The standard InChI is InChI=1S/C23H31NO/c1-15(2)17-5-9-19(10-6-17)23(22-13-21(25)14-24-22)20-11-7-18(8-12-20)16(3)4/h5-12,15-16,21-25H,13-14H2,1-4H3/t21-,22?/m0/s1. The molecule has 1 saturated heterocycles. The quantitative estimate of drug-likeness (QED) is 0.822. The lowest BCUT2D eigenvalue weighted by Crippen LogP contribution is -2.29. The third-order valence-corrected chi connectivity index (χ3v) is 5.47. The second-order valence-corrected chi connectivity index (χ2v) is 8.02. The van der Waals surface area contributed by atoms with Crippen LogP contribution in [0.15, 0.2) is 48.5 Å². The fourth-order valence-corrected chi connectivity index (χ4v) is 3.83. The van der Waals surface area contributed by atoms with E-state index in [1.165, 1.54) is 22.3 Å². The third kappa shape index (κ3) is 4.13. The highest BCUT2D eigenvalue weighted by molar-refractivity contribution is 5.38. The van der Waals surface area contributed by atoms with Crippen molar-refractivity contribution in [3.8, 4) is 0 Å². The molecule has 1 heterocycles. The van der Waals surface area contributed by atoms with E-state index >= 15 is 0 Å². The number of aliphatic hydroxyl groups excluding tert-OH is 1. The number of benzene rings is 2. The van der Waals surface area contributed by atoms with Gasteiger partial charge in [-0.1, -0.05) is 76.2 Å². The Balaban J connectivity index is 1.94. The van der Waals surface area contributed by atoms with Gasteiger partial charge in [0.05, 0.1) is 6.10 Å². The van der Waals surface area contributed by atoms with Gasteiger partial charge in [-0.2, -0.15) is 0 Å². The Morgan fingerprint density at radius 1 is 0.760 bits per heavy atom. The molecule has 3 rings (SSSR count). The summed E-state index contributed by atoms with van der Waals surface area (Å²) in [5, 5.41) is 13.5. The van der Waals surface area contributed by atoms with Gasteiger partial charge in [0, 0.05) is 18.5 Å². The lowest BCUT2D eigenvalue weighted by Gasteiger charge is -2.26. The Morgan fingerprint density at radius 2 is 1.16 bits per heavy atom. The molecule has 0 bridgehead atoms. The van der Waals surface area contributed by atoms with Crippen LogP contribution in [-0.2, 0) is 0 Å². The minimum absolute atomic E-state index is 0.239. The number of aliphatic hydroxyl groups is 1. The van der Waals surface area contributed by atoms with Gasteiger partial charge in [-0.25, -0.2) is 0 Å². The molecule has 2 aromatic carbocycles. The summed E-state index contributed by atoms with van der Waals surface area (Å²) in [6.07, 6.45) is 0.570. The first kappa shape index (κ1) is 18.2. The summed E-state index contributed by atoms with van der Waals surface area (Å²) in [7, 11) is 0. The Labute approximate surface area is 152 Å². The number of hydrogen-bond acceptors (Lipinski definition) is 2. The fourth-order valence-electron chi connectivity index (χ4n) is 3.83. The maximum Gasteiger partial charge on any atom is 0.0679 e. The van der Waals surface area contributed by atoms with E-state index in [0.29, 0.717) is 18.4 Å². The molecule has 2 heteroatoms. The van der Waals surface area contributed by atoms with Crippen LogP contribution in [0.4, 0.5) is 0 Å². The first-order valence-corrected chi connectivity index (χ1v) is 9.57. The highest BCUT2D eigenvalue weighted by Crippen LogP contribution is 2.33. The second kappa shape index (κ2) is 7.72. The van der Waals surface area contributed by atoms with Gasteiger partial charge in [0.25, 0.3) is 0 Å². The van der Waals surface area contributed by atoms with Crippen LogP contribution in [0, 0.1) is 0 Å². The maximum absolute atomic E-state index is 10.0. The third-order valence-electron chi connectivity index (χ3n) is 5.47. The number of hydrogen-bond donors (Lipinski definition) is 2. The van der Waals surface area contributed by atoms with Gasteiger partial charge in [0.1, 0.15) is 0 Å². The molecule has 0 amide bonds. The lowest BCUT2D eigenvalue weighted by molar-refractivity contribution is 0.192. The number of β-amino-alcohol motifs (C(OH)–C–C–N with tert-alkyl or cyclic N) is 1. The molecule has 0 radical (unpaired) electrons. The van der Waals surface area contributed by atoms with E-state index < -0.39 is 0 Å². The van der Waals surface area contributed by atoms with E-state index in [1.54, 1.807) is 0 Å². The lowest BCUT2D eigenvalue weighted by atomic mass is 9.82. The van der Waals surface area contributed by atoms with Crippen LogP contribution in [0.1, 0.15) is 74.1 Å². The van der Waals surface area contributed by atoms with Crippen molar-refractivity contribution in [1.82, 2.24) is 5.32 Å². The van der Waals surface area contributed by atoms with E-state index in [0.717, 1.165) is 6.42 Å². The van der Waals surface area contributed by atoms with Crippen LogP contribution in [0.2, 0.25) is 0 Å². The van der Waals surface area contributed by atoms with Crippen molar-refractivity contribution in [2.24, 2.45) is 0 Å². The molecule has 2 N–H and O–H groups in total. The van der Waals surface area contributed by atoms with Crippen molar-refractivity contribution in [3.05, 3.63) is 70.8 Å². The predicted octanol–water partition coefficient (Wildman–Crippen LogP) is 4.79. The van der Waals surface area contributed by atoms with Crippen molar-refractivity contribution in [1.29, 1.82) is 0 Å². The topological polar surface area (TPSA) is 32.3 Å². The zero-order valence-electron chi connectivity index (χ0n) is 15.9. The predicted molar refractivity (Wildman–Crippen MR) is 105 cm³/mol. The van der Waals surface area contributed by atoms with Crippen molar-refractivity contribution in [3.63, 3.8) is 0 Å². The summed E-state index contributed by atoms with van der Waals surface area (Å²) in [6.45, 7) is 9.60. The normalized spacial score (nSPS) is 20.8. The van der Waals surface area contributed by atoms with Crippen molar-refractivity contribution >= 4 is 0 Å². The van der Waals surface area contributed by atoms with Gasteiger partial charge in [-0.3, -0.25) is 0 Å². The van der Waals surface area contributed by atoms with E-state index in [-0.39, 0.29) is 18.1 Å². The summed E-state index contributed by atoms with van der Waals surface area (Å²) in [5.41, 5.74) is 5.40. The second-order valence-electron chi connectivity index (χ2n) is 8.02. The smallest absolute Gasteiger partial charge is 0.0679 e.